The van der Waals surface area contributed by atoms with Gasteiger partial charge in [0, 0.05) is 29.4 Å². The van der Waals surface area contributed by atoms with Crippen LogP contribution in [0.3, 0.4) is 0 Å². The second kappa shape index (κ2) is 7.94. The minimum Gasteiger partial charge on any atom is -0.488 e. The van der Waals surface area contributed by atoms with E-state index in [0.29, 0.717) is 18.5 Å². The van der Waals surface area contributed by atoms with Gasteiger partial charge in [0.15, 0.2) is 0 Å². The van der Waals surface area contributed by atoms with Crippen molar-refractivity contribution in [2.75, 3.05) is 6.54 Å². The molecule has 1 atom stereocenters. The minimum absolute atomic E-state index is 0.0942. The van der Waals surface area contributed by atoms with E-state index in [1.807, 2.05) is 12.1 Å². The van der Waals surface area contributed by atoms with Gasteiger partial charge in [-0.3, -0.25) is 4.79 Å². The number of nitrogens with zero attached hydrogens (tertiary/aromatic N) is 2. The van der Waals surface area contributed by atoms with Crippen molar-refractivity contribution in [2.45, 2.75) is 18.9 Å². The fourth-order valence-electron chi connectivity index (χ4n) is 3.19. The SMILES string of the molecule is O=C(Cc1ccc(F)cc1Cl)NCC1Cc2cc(-c3cncnc3)ccc2O1. The Kier molecular flexibility index (Phi) is 5.21. The Labute approximate surface area is 166 Å². The predicted molar refractivity (Wildman–Crippen MR) is 104 cm³/mol. The zero-order valence-electron chi connectivity index (χ0n) is 14.9. The molecule has 3 aromatic rings. The van der Waals surface area contributed by atoms with Gasteiger partial charge in [-0.2, -0.15) is 0 Å². The molecule has 5 nitrogen and oxygen atoms in total. The fourth-order valence-corrected chi connectivity index (χ4v) is 3.42. The van der Waals surface area contributed by atoms with Crippen molar-refractivity contribution in [1.29, 1.82) is 0 Å². The average Bonchev–Trinajstić information content (AvgIpc) is 3.11. The summed E-state index contributed by atoms with van der Waals surface area (Å²) in [5.74, 6) is 0.212. The molecule has 0 saturated carbocycles. The minimum atomic E-state index is -0.423. The van der Waals surface area contributed by atoms with Gasteiger partial charge in [0.2, 0.25) is 5.91 Å². The van der Waals surface area contributed by atoms with Crippen LogP contribution in [0.5, 0.6) is 5.75 Å². The van der Waals surface area contributed by atoms with Crippen molar-refractivity contribution in [3.05, 3.63) is 77.1 Å². The number of carbonyl (C=O) groups excluding carboxylic acids is 1. The van der Waals surface area contributed by atoms with E-state index in [1.54, 1.807) is 12.4 Å². The Morgan fingerprint density at radius 1 is 1.18 bits per heavy atom. The molecular weight excluding hydrogens is 381 g/mol. The molecule has 7 heteroatoms. The molecule has 0 saturated heterocycles. The molecule has 4 rings (SSSR count). The summed E-state index contributed by atoms with van der Waals surface area (Å²) in [7, 11) is 0. The number of fused-ring (bicyclic) bond motifs is 1. The molecule has 0 spiro atoms. The van der Waals surface area contributed by atoms with Gasteiger partial charge in [-0.15, -0.1) is 0 Å². The molecule has 2 aromatic carbocycles. The molecule has 0 fully saturated rings. The number of aromatic nitrogens is 2. The van der Waals surface area contributed by atoms with Gasteiger partial charge in [-0.1, -0.05) is 23.7 Å². The zero-order chi connectivity index (χ0) is 19.5. The Bertz CT molecular complexity index is 1010. The highest BCUT2D eigenvalue weighted by molar-refractivity contribution is 6.31. The lowest BCUT2D eigenvalue weighted by atomic mass is 10.0. The summed E-state index contributed by atoms with van der Waals surface area (Å²) in [6, 6.07) is 9.98. The summed E-state index contributed by atoms with van der Waals surface area (Å²) >= 11 is 5.97. The van der Waals surface area contributed by atoms with E-state index in [4.69, 9.17) is 16.3 Å². The van der Waals surface area contributed by atoms with Crippen LogP contribution >= 0.6 is 11.6 Å². The predicted octanol–water partition coefficient (Wildman–Crippen LogP) is 3.60. The van der Waals surface area contributed by atoms with Gasteiger partial charge >= 0.3 is 0 Å². The molecule has 1 aliphatic rings. The molecule has 142 valence electrons. The van der Waals surface area contributed by atoms with Crippen LogP contribution in [0, 0.1) is 5.82 Å². The van der Waals surface area contributed by atoms with E-state index in [2.05, 4.69) is 21.4 Å². The lowest BCUT2D eigenvalue weighted by Gasteiger charge is -2.12. The van der Waals surface area contributed by atoms with Gasteiger partial charge in [0.05, 0.1) is 13.0 Å². The van der Waals surface area contributed by atoms with E-state index in [-0.39, 0.29) is 23.5 Å². The van der Waals surface area contributed by atoms with Crippen LogP contribution in [0.1, 0.15) is 11.1 Å². The number of amides is 1. The van der Waals surface area contributed by atoms with Crippen molar-refractivity contribution in [1.82, 2.24) is 15.3 Å². The summed E-state index contributed by atoms with van der Waals surface area (Å²) < 4.78 is 19.0. The maximum atomic E-state index is 13.1. The van der Waals surface area contributed by atoms with Crippen molar-refractivity contribution in [2.24, 2.45) is 0 Å². The molecular formula is C21H17ClFN3O2. The maximum Gasteiger partial charge on any atom is 0.224 e. The van der Waals surface area contributed by atoms with Gasteiger partial charge in [0.1, 0.15) is 24.0 Å². The number of carbonyl (C=O) groups is 1. The molecule has 0 radical (unpaired) electrons. The summed E-state index contributed by atoms with van der Waals surface area (Å²) in [4.78, 5) is 20.3. The zero-order valence-corrected chi connectivity index (χ0v) is 15.6. The molecule has 1 unspecified atom stereocenters. The normalized spacial score (nSPS) is 15.0. The van der Waals surface area contributed by atoms with Gasteiger partial charge in [-0.25, -0.2) is 14.4 Å². The standard InChI is InChI=1S/C21H17ClFN3O2/c22-19-8-17(23)3-1-14(19)7-21(27)26-11-18-6-15-5-13(2-4-20(15)28-18)16-9-24-12-25-10-16/h1-5,8-10,12,18H,6-7,11H2,(H,26,27). The third-order valence-electron chi connectivity index (χ3n) is 4.59. The second-order valence-corrected chi connectivity index (χ2v) is 7.02. The average molecular weight is 398 g/mol. The first kappa shape index (κ1) is 18.4. The lowest BCUT2D eigenvalue weighted by molar-refractivity contribution is -0.120. The summed E-state index contributed by atoms with van der Waals surface area (Å²) in [5.41, 5.74) is 3.64. The third kappa shape index (κ3) is 4.12. The monoisotopic (exact) mass is 397 g/mol. The number of nitrogens with one attached hydrogen (secondary N) is 1. The van der Waals surface area contributed by atoms with E-state index >= 15 is 0 Å². The summed E-state index contributed by atoms with van der Waals surface area (Å²) in [6.45, 7) is 0.385. The van der Waals surface area contributed by atoms with Crippen molar-refractivity contribution in [3.63, 3.8) is 0 Å². The summed E-state index contributed by atoms with van der Waals surface area (Å²) in [5, 5.41) is 3.11. The number of rotatable bonds is 5. The molecule has 1 aromatic heterocycles. The second-order valence-electron chi connectivity index (χ2n) is 6.61. The third-order valence-corrected chi connectivity index (χ3v) is 4.94. The lowest BCUT2D eigenvalue weighted by Crippen LogP contribution is -2.35. The van der Waals surface area contributed by atoms with Gasteiger partial charge in [0.25, 0.3) is 0 Å². The van der Waals surface area contributed by atoms with Gasteiger partial charge < -0.3 is 10.1 Å². The van der Waals surface area contributed by atoms with Crippen molar-refractivity contribution in [3.8, 4) is 16.9 Å². The van der Waals surface area contributed by atoms with Crippen molar-refractivity contribution < 1.29 is 13.9 Å². The number of hydrogen-bond acceptors (Lipinski definition) is 4. The molecule has 28 heavy (non-hydrogen) atoms. The number of halogens is 2. The first-order chi connectivity index (χ1) is 13.6. The van der Waals surface area contributed by atoms with E-state index < -0.39 is 5.82 Å². The Balaban J connectivity index is 1.34. The van der Waals surface area contributed by atoms with Crippen LogP contribution in [0.15, 0.2) is 55.1 Å². The topological polar surface area (TPSA) is 64.1 Å². The Morgan fingerprint density at radius 3 is 2.79 bits per heavy atom. The first-order valence-corrected chi connectivity index (χ1v) is 9.22. The van der Waals surface area contributed by atoms with Crippen LogP contribution in [0.4, 0.5) is 4.39 Å². The molecule has 1 aliphatic heterocycles. The highest BCUT2D eigenvalue weighted by atomic mass is 35.5. The molecule has 1 N–H and O–H groups in total. The van der Waals surface area contributed by atoms with Crippen LogP contribution in [0.25, 0.3) is 11.1 Å². The Morgan fingerprint density at radius 2 is 2.00 bits per heavy atom. The van der Waals surface area contributed by atoms with Crippen LogP contribution in [-0.4, -0.2) is 28.5 Å². The Hall–Kier alpha value is -2.99. The van der Waals surface area contributed by atoms with E-state index in [9.17, 15) is 9.18 Å². The molecule has 2 heterocycles. The van der Waals surface area contributed by atoms with E-state index in [0.717, 1.165) is 22.4 Å². The largest absolute Gasteiger partial charge is 0.488 e. The fraction of sp³-hybridized carbons (Fsp3) is 0.190. The quantitative estimate of drug-likeness (QED) is 0.714. The van der Waals surface area contributed by atoms with Gasteiger partial charge in [-0.05, 0) is 41.0 Å². The molecule has 1 amide bonds. The van der Waals surface area contributed by atoms with E-state index in [1.165, 1.54) is 24.5 Å². The van der Waals surface area contributed by atoms with Crippen LogP contribution < -0.4 is 10.1 Å². The smallest absolute Gasteiger partial charge is 0.224 e. The maximum absolute atomic E-state index is 13.1. The highest BCUT2D eigenvalue weighted by Gasteiger charge is 2.24. The number of hydrogen-bond donors (Lipinski definition) is 1. The van der Waals surface area contributed by atoms with Crippen molar-refractivity contribution >= 4 is 17.5 Å². The van der Waals surface area contributed by atoms with Crippen LogP contribution in [-0.2, 0) is 17.6 Å². The molecule has 0 bridgehead atoms. The molecule has 0 aliphatic carbocycles. The first-order valence-electron chi connectivity index (χ1n) is 8.84. The highest BCUT2D eigenvalue weighted by Crippen LogP contribution is 2.32. The number of benzene rings is 2. The van der Waals surface area contributed by atoms with Crippen LogP contribution in [0.2, 0.25) is 5.02 Å². The summed E-state index contributed by atoms with van der Waals surface area (Å²) in [6.07, 6.45) is 5.69. The number of ether oxygens (including phenoxy) is 1.